The van der Waals surface area contributed by atoms with E-state index in [2.05, 4.69) is 15.3 Å². The van der Waals surface area contributed by atoms with E-state index in [1.165, 1.54) is 11.0 Å². The van der Waals surface area contributed by atoms with Gasteiger partial charge in [0, 0.05) is 23.5 Å². The zero-order valence-electron chi connectivity index (χ0n) is 18.2. The Morgan fingerprint density at radius 3 is 2.71 bits per heavy atom. The number of carbonyl (C=O) groups is 2. The molecule has 2 aromatic carbocycles. The molecule has 4 aromatic rings. The number of nitro groups is 1. The monoisotopic (exact) mass is 456 g/mol. The van der Waals surface area contributed by atoms with Gasteiger partial charge in [-0.15, -0.1) is 0 Å². The van der Waals surface area contributed by atoms with Gasteiger partial charge in [0.05, 0.1) is 34.6 Å². The second-order valence-corrected chi connectivity index (χ2v) is 8.04. The maximum Gasteiger partial charge on any atom is 0.274 e. The van der Waals surface area contributed by atoms with Crippen molar-refractivity contribution < 1.29 is 14.5 Å². The molecule has 2 amide bonds. The Morgan fingerprint density at radius 1 is 1.15 bits per heavy atom. The molecule has 10 heteroatoms. The van der Waals surface area contributed by atoms with Gasteiger partial charge in [-0.3, -0.25) is 34.2 Å². The summed E-state index contributed by atoms with van der Waals surface area (Å²) in [5.74, 6) is -0.232. The molecule has 5 rings (SSSR count). The molecule has 10 nitrogen and oxygen atoms in total. The lowest BCUT2D eigenvalue weighted by molar-refractivity contribution is -0.385. The molecule has 0 radical (unpaired) electrons. The fourth-order valence-corrected chi connectivity index (χ4v) is 4.17. The Labute approximate surface area is 194 Å². The summed E-state index contributed by atoms with van der Waals surface area (Å²) in [6.45, 7) is 1.86. The molecule has 1 aliphatic rings. The number of para-hydroxylation sites is 2. The number of carbonyl (C=O) groups excluding carboxylic acids is 2. The van der Waals surface area contributed by atoms with Crippen molar-refractivity contribution in [1.29, 1.82) is 0 Å². The summed E-state index contributed by atoms with van der Waals surface area (Å²) < 4.78 is 1.78. The number of hydrogen-bond acceptors (Lipinski definition) is 6. The number of nitrogens with one attached hydrogen (secondary N) is 1. The molecule has 0 fully saturated rings. The number of aryl methyl sites for hydroxylation is 1. The maximum absolute atomic E-state index is 13.4. The molecule has 2 aromatic heterocycles. The molecule has 3 heterocycles. The number of amides is 2. The van der Waals surface area contributed by atoms with Gasteiger partial charge in [0.15, 0.2) is 0 Å². The smallest absolute Gasteiger partial charge is 0.274 e. The lowest BCUT2D eigenvalue weighted by Gasteiger charge is -2.15. The summed E-state index contributed by atoms with van der Waals surface area (Å²) in [5, 5.41) is 13.9. The molecule has 170 valence electrons. The fraction of sp³-hybridized carbons (Fsp3) is 0.167. The molecule has 0 saturated carbocycles. The third kappa shape index (κ3) is 3.75. The van der Waals surface area contributed by atoms with E-state index in [-0.39, 0.29) is 24.6 Å². The average Bonchev–Trinajstić information content (AvgIpc) is 3.31. The minimum Gasteiger partial charge on any atom is -0.326 e. The second kappa shape index (κ2) is 8.39. The van der Waals surface area contributed by atoms with Crippen molar-refractivity contribution in [2.24, 2.45) is 0 Å². The molecule has 1 aliphatic heterocycles. The predicted octanol–water partition coefficient (Wildman–Crippen LogP) is 3.76. The summed E-state index contributed by atoms with van der Waals surface area (Å²) in [5.41, 5.74) is 2.88. The van der Waals surface area contributed by atoms with Crippen LogP contribution in [0.4, 0.5) is 17.3 Å². The Bertz CT molecular complexity index is 1430. The van der Waals surface area contributed by atoms with Crippen LogP contribution in [0.2, 0.25) is 0 Å². The van der Waals surface area contributed by atoms with Crippen LogP contribution in [0, 0.1) is 17.0 Å². The molecular weight excluding hydrogens is 436 g/mol. The highest BCUT2D eigenvalue weighted by atomic mass is 16.6. The van der Waals surface area contributed by atoms with Gasteiger partial charge in [0.2, 0.25) is 11.9 Å². The molecule has 0 unspecified atom stereocenters. The topological polar surface area (TPSA) is 123 Å². The third-order valence-electron chi connectivity index (χ3n) is 5.80. The molecule has 0 saturated heterocycles. The van der Waals surface area contributed by atoms with E-state index in [9.17, 15) is 19.7 Å². The van der Waals surface area contributed by atoms with E-state index in [4.69, 9.17) is 0 Å². The number of fused-ring (bicyclic) bond motifs is 3. The van der Waals surface area contributed by atoms with Gasteiger partial charge in [-0.05, 0) is 37.3 Å². The van der Waals surface area contributed by atoms with Crippen LogP contribution in [0.5, 0.6) is 0 Å². The molecule has 0 spiro atoms. The van der Waals surface area contributed by atoms with Crippen molar-refractivity contribution in [2.75, 3.05) is 10.2 Å². The number of aromatic nitrogens is 3. The highest BCUT2D eigenvalue weighted by molar-refractivity contribution is 6.05. The molecular formula is C24H20N6O4. The maximum atomic E-state index is 13.4. The zero-order chi connectivity index (χ0) is 23.8. The lowest BCUT2D eigenvalue weighted by atomic mass is 10.1. The molecule has 34 heavy (non-hydrogen) atoms. The quantitative estimate of drug-likeness (QED) is 0.348. The number of anilines is 2. The largest absolute Gasteiger partial charge is 0.326 e. The molecule has 0 aliphatic carbocycles. The van der Waals surface area contributed by atoms with Crippen LogP contribution in [-0.4, -0.2) is 31.3 Å². The molecule has 1 N–H and O–H groups in total. The van der Waals surface area contributed by atoms with Gasteiger partial charge in [-0.1, -0.05) is 24.3 Å². The standard InChI is InChI=1S/C24H20N6O4/c1-15-9-10-16(12-20(15)30(33)34)26-22(31)13-21-23(32)28(14-17-6-4-5-11-25-17)24-27-18-7-2-3-8-19(18)29(21)24/h2-12,21H,13-14H2,1H3,(H,26,31)/t21-/m0/s1. The van der Waals surface area contributed by atoms with Crippen molar-refractivity contribution in [3.63, 3.8) is 0 Å². The summed E-state index contributed by atoms with van der Waals surface area (Å²) in [4.78, 5) is 47.5. The van der Waals surface area contributed by atoms with Crippen molar-refractivity contribution in [3.8, 4) is 0 Å². The summed E-state index contributed by atoms with van der Waals surface area (Å²) in [6, 6.07) is 16.6. The first-order valence-electron chi connectivity index (χ1n) is 10.7. The zero-order valence-corrected chi connectivity index (χ0v) is 18.2. The predicted molar refractivity (Wildman–Crippen MR) is 125 cm³/mol. The van der Waals surface area contributed by atoms with Gasteiger partial charge in [0.1, 0.15) is 6.04 Å². The van der Waals surface area contributed by atoms with Crippen molar-refractivity contribution >= 4 is 40.2 Å². The first-order chi connectivity index (χ1) is 16.4. The second-order valence-electron chi connectivity index (χ2n) is 8.04. The van der Waals surface area contributed by atoms with E-state index < -0.39 is 16.9 Å². The van der Waals surface area contributed by atoms with Gasteiger partial charge in [-0.2, -0.15) is 0 Å². The van der Waals surface area contributed by atoms with E-state index in [0.29, 0.717) is 22.9 Å². The van der Waals surface area contributed by atoms with Crippen LogP contribution >= 0.6 is 0 Å². The Morgan fingerprint density at radius 2 is 1.94 bits per heavy atom. The van der Waals surface area contributed by atoms with Gasteiger partial charge >= 0.3 is 0 Å². The first-order valence-corrected chi connectivity index (χ1v) is 10.7. The van der Waals surface area contributed by atoms with Crippen molar-refractivity contribution in [2.45, 2.75) is 25.9 Å². The number of nitro benzene ring substituents is 1. The Kier molecular flexibility index (Phi) is 5.25. The number of imidazole rings is 1. The SMILES string of the molecule is Cc1ccc(NC(=O)C[C@H]2C(=O)N(Cc3ccccn3)c3nc4ccccc4n32)cc1[N+](=O)[O-]. The number of pyridine rings is 1. The normalized spacial score (nSPS) is 14.9. The Balaban J connectivity index is 1.45. The summed E-state index contributed by atoms with van der Waals surface area (Å²) in [7, 11) is 0. The van der Waals surface area contributed by atoms with Crippen molar-refractivity contribution in [3.05, 3.63) is 88.2 Å². The van der Waals surface area contributed by atoms with Crippen molar-refractivity contribution in [1.82, 2.24) is 14.5 Å². The lowest BCUT2D eigenvalue weighted by Crippen LogP contribution is -2.31. The highest BCUT2D eigenvalue weighted by Crippen LogP contribution is 2.37. The van der Waals surface area contributed by atoms with E-state index in [1.54, 1.807) is 35.9 Å². The van der Waals surface area contributed by atoms with E-state index in [0.717, 1.165) is 11.0 Å². The van der Waals surface area contributed by atoms with Crippen LogP contribution in [0.25, 0.3) is 11.0 Å². The fourth-order valence-electron chi connectivity index (χ4n) is 4.17. The molecule has 0 bridgehead atoms. The summed E-state index contributed by atoms with van der Waals surface area (Å²) in [6.07, 6.45) is 1.51. The van der Waals surface area contributed by atoms with E-state index >= 15 is 0 Å². The minimum atomic E-state index is -0.799. The number of rotatable bonds is 6. The number of hydrogen-bond donors (Lipinski definition) is 1. The van der Waals surface area contributed by atoms with Crippen LogP contribution < -0.4 is 10.2 Å². The molecule has 1 atom stereocenters. The Hall–Kier alpha value is -4.60. The number of nitrogens with zero attached hydrogens (tertiary/aromatic N) is 5. The highest BCUT2D eigenvalue weighted by Gasteiger charge is 2.41. The van der Waals surface area contributed by atoms with Crippen LogP contribution in [-0.2, 0) is 16.1 Å². The van der Waals surface area contributed by atoms with Gasteiger partial charge in [0.25, 0.3) is 11.6 Å². The van der Waals surface area contributed by atoms with E-state index in [1.807, 2.05) is 36.4 Å². The first kappa shape index (κ1) is 21.3. The van der Waals surface area contributed by atoms with Crippen LogP contribution in [0.3, 0.4) is 0 Å². The average molecular weight is 456 g/mol. The van der Waals surface area contributed by atoms with Gasteiger partial charge < -0.3 is 5.32 Å². The number of benzene rings is 2. The summed E-state index contributed by atoms with van der Waals surface area (Å²) >= 11 is 0. The minimum absolute atomic E-state index is 0.0841. The van der Waals surface area contributed by atoms with Crippen LogP contribution in [0.1, 0.15) is 23.7 Å². The third-order valence-corrected chi connectivity index (χ3v) is 5.80. The van der Waals surface area contributed by atoms with Crippen LogP contribution in [0.15, 0.2) is 66.9 Å². The van der Waals surface area contributed by atoms with Gasteiger partial charge in [-0.25, -0.2) is 4.98 Å².